The molecule has 0 amide bonds. The number of hydrogen-bond acceptors (Lipinski definition) is 6. The lowest BCUT2D eigenvalue weighted by atomic mass is 10.1. The number of benzene rings is 1. The van der Waals surface area contributed by atoms with Crippen LogP contribution in [0.4, 0.5) is 17.3 Å². The number of hydrogen-bond donors (Lipinski definition) is 1. The molecule has 0 atom stereocenters. The molecule has 3 heterocycles. The molecule has 0 saturated carbocycles. The predicted molar refractivity (Wildman–Crippen MR) is 98.1 cm³/mol. The fraction of sp³-hybridized carbons (Fsp3) is 0.111. The maximum Gasteiger partial charge on any atom is 0.254 e. The Bertz CT molecular complexity index is 991. The first-order valence-corrected chi connectivity index (χ1v) is 7.87. The Balaban J connectivity index is 1.74. The Morgan fingerprint density at radius 1 is 1.00 bits per heavy atom. The zero-order chi connectivity index (χ0) is 17.2. The van der Waals surface area contributed by atoms with E-state index in [9.17, 15) is 0 Å². The van der Waals surface area contributed by atoms with Crippen molar-refractivity contribution in [2.24, 2.45) is 0 Å². The van der Waals surface area contributed by atoms with Crippen LogP contribution in [0.1, 0.15) is 0 Å². The second-order valence-corrected chi connectivity index (χ2v) is 5.79. The summed E-state index contributed by atoms with van der Waals surface area (Å²) in [7, 11) is 3.92. The van der Waals surface area contributed by atoms with E-state index in [1.54, 1.807) is 10.7 Å². The summed E-state index contributed by atoms with van der Waals surface area (Å²) in [6.45, 7) is 0. The molecule has 1 N–H and O–H groups in total. The Morgan fingerprint density at radius 3 is 2.56 bits per heavy atom. The van der Waals surface area contributed by atoms with Crippen LogP contribution in [-0.4, -0.2) is 38.7 Å². The van der Waals surface area contributed by atoms with Crippen molar-refractivity contribution in [2.75, 3.05) is 24.3 Å². The largest absolute Gasteiger partial charge is 0.363 e. The molecular weight excluding hydrogens is 314 g/mol. The van der Waals surface area contributed by atoms with E-state index in [1.165, 1.54) is 6.33 Å². The van der Waals surface area contributed by atoms with Crippen LogP contribution in [0, 0.1) is 0 Å². The molecule has 0 unspecified atom stereocenters. The highest BCUT2D eigenvalue weighted by Crippen LogP contribution is 2.24. The van der Waals surface area contributed by atoms with Crippen molar-refractivity contribution < 1.29 is 0 Å². The molecule has 124 valence electrons. The van der Waals surface area contributed by atoms with E-state index in [0.29, 0.717) is 5.78 Å². The molecule has 0 radical (unpaired) electrons. The van der Waals surface area contributed by atoms with Gasteiger partial charge in [0.05, 0.1) is 17.6 Å². The molecule has 4 aromatic rings. The fourth-order valence-corrected chi connectivity index (χ4v) is 2.53. The van der Waals surface area contributed by atoms with Crippen LogP contribution < -0.4 is 10.2 Å². The van der Waals surface area contributed by atoms with Gasteiger partial charge >= 0.3 is 0 Å². The molecule has 0 bridgehead atoms. The standard InChI is InChI=1S/C18H17N7/c1-24(2)16-9-8-14(11-19-16)22-17-10-15(13-6-4-3-5-7-13)23-18-20-12-21-25(17)18/h3-12,22H,1-2H3. The molecule has 1 aromatic carbocycles. The molecule has 0 saturated heterocycles. The van der Waals surface area contributed by atoms with Gasteiger partial charge in [-0.1, -0.05) is 30.3 Å². The number of anilines is 3. The first-order chi connectivity index (χ1) is 12.2. The third kappa shape index (κ3) is 2.99. The third-order valence-electron chi connectivity index (χ3n) is 3.80. The molecule has 0 spiro atoms. The molecule has 4 rings (SSSR count). The third-order valence-corrected chi connectivity index (χ3v) is 3.80. The van der Waals surface area contributed by atoms with Gasteiger partial charge in [0.2, 0.25) is 0 Å². The number of fused-ring (bicyclic) bond motifs is 1. The minimum Gasteiger partial charge on any atom is -0.363 e. The van der Waals surface area contributed by atoms with Crippen LogP contribution in [-0.2, 0) is 0 Å². The maximum atomic E-state index is 4.57. The lowest BCUT2D eigenvalue weighted by Crippen LogP contribution is -2.10. The van der Waals surface area contributed by atoms with Gasteiger partial charge in [-0.05, 0) is 12.1 Å². The summed E-state index contributed by atoms with van der Waals surface area (Å²) in [6, 6.07) is 15.9. The second kappa shape index (κ2) is 6.20. The zero-order valence-electron chi connectivity index (χ0n) is 14.0. The first-order valence-electron chi connectivity index (χ1n) is 7.87. The zero-order valence-corrected chi connectivity index (χ0v) is 14.0. The SMILES string of the molecule is CN(C)c1ccc(Nc2cc(-c3ccccc3)nc3ncnn23)cn1. The van der Waals surface area contributed by atoms with E-state index in [4.69, 9.17) is 0 Å². The molecule has 7 nitrogen and oxygen atoms in total. The van der Waals surface area contributed by atoms with Crippen LogP contribution in [0.25, 0.3) is 17.0 Å². The van der Waals surface area contributed by atoms with Gasteiger partial charge in [-0.2, -0.15) is 14.6 Å². The van der Waals surface area contributed by atoms with Crippen molar-refractivity contribution in [3.05, 3.63) is 61.1 Å². The van der Waals surface area contributed by atoms with E-state index >= 15 is 0 Å². The lowest BCUT2D eigenvalue weighted by Gasteiger charge is -2.13. The van der Waals surface area contributed by atoms with Crippen molar-refractivity contribution in [2.45, 2.75) is 0 Å². The van der Waals surface area contributed by atoms with Gasteiger partial charge in [-0.3, -0.25) is 0 Å². The Morgan fingerprint density at radius 2 is 1.84 bits per heavy atom. The van der Waals surface area contributed by atoms with Gasteiger partial charge in [0.15, 0.2) is 0 Å². The average Bonchev–Trinajstić information content (AvgIpc) is 3.12. The van der Waals surface area contributed by atoms with Crippen molar-refractivity contribution in [3.63, 3.8) is 0 Å². The monoisotopic (exact) mass is 331 g/mol. The summed E-state index contributed by atoms with van der Waals surface area (Å²) in [6.07, 6.45) is 3.29. The van der Waals surface area contributed by atoms with E-state index in [-0.39, 0.29) is 0 Å². The van der Waals surface area contributed by atoms with Crippen LogP contribution in [0.2, 0.25) is 0 Å². The van der Waals surface area contributed by atoms with Crippen molar-refractivity contribution in [1.82, 2.24) is 24.6 Å². The van der Waals surface area contributed by atoms with E-state index in [2.05, 4.69) is 25.4 Å². The lowest BCUT2D eigenvalue weighted by molar-refractivity contribution is 0.948. The summed E-state index contributed by atoms with van der Waals surface area (Å²) in [4.78, 5) is 15.2. The van der Waals surface area contributed by atoms with Crippen LogP contribution in [0.5, 0.6) is 0 Å². The van der Waals surface area contributed by atoms with Gasteiger partial charge in [-0.15, -0.1) is 0 Å². The van der Waals surface area contributed by atoms with E-state index in [0.717, 1.165) is 28.6 Å². The van der Waals surface area contributed by atoms with Gasteiger partial charge in [0.1, 0.15) is 18.0 Å². The topological polar surface area (TPSA) is 71.2 Å². The van der Waals surface area contributed by atoms with E-state index < -0.39 is 0 Å². The van der Waals surface area contributed by atoms with Crippen LogP contribution in [0.3, 0.4) is 0 Å². The second-order valence-electron chi connectivity index (χ2n) is 5.79. The summed E-state index contributed by atoms with van der Waals surface area (Å²) < 4.78 is 1.67. The number of rotatable bonds is 4. The molecule has 0 aliphatic heterocycles. The Labute approximate surface area is 145 Å². The van der Waals surface area contributed by atoms with Crippen LogP contribution >= 0.6 is 0 Å². The quantitative estimate of drug-likeness (QED) is 0.620. The van der Waals surface area contributed by atoms with Gasteiger partial charge < -0.3 is 10.2 Å². The molecule has 0 aliphatic carbocycles. The van der Waals surface area contributed by atoms with Crippen molar-refractivity contribution in [3.8, 4) is 11.3 Å². The van der Waals surface area contributed by atoms with E-state index in [1.807, 2.05) is 67.5 Å². The molecule has 3 aromatic heterocycles. The summed E-state index contributed by atoms with van der Waals surface area (Å²) in [5.41, 5.74) is 2.73. The normalized spacial score (nSPS) is 10.8. The van der Waals surface area contributed by atoms with Crippen molar-refractivity contribution in [1.29, 1.82) is 0 Å². The Hall–Kier alpha value is -3.48. The highest BCUT2D eigenvalue weighted by atomic mass is 15.4. The van der Waals surface area contributed by atoms with Gasteiger partial charge in [0, 0.05) is 25.7 Å². The number of nitrogens with one attached hydrogen (secondary N) is 1. The highest BCUT2D eigenvalue weighted by Gasteiger charge is 2.10. The average molecular weight is 331 g/mol. The highest BCUT2D eigenvalue weighted by molar-refractivity contribution is 5.68. The summed E-state index contributed by atoms with van der Waals surface area (Å²) >= 11 is 0. The molecule has 25 heavy (non-hydrogen) atoms. The first kappa shape index (κ1) is 15.1. The van der Waals surface area contributed by atoms with Crippen molar-refractivity contribution >= 4 is 23.1 Å². The molecule has 0 fully saturated rings. The number of nitrogens with zero attached hydrogens (tertiary/aromatic N) is 6. The smallest absolute Gasteiger partial charge is 0.254 e. The minimum absolute atomic E-state index is 0.543. The molecule has 7 heteroatoms. The number of pyridine rings is 1. The summed E-state index contributed by atoms with van der Waals surface area (Å²) in [5.74, 6) is 2.22. The number of aromatic nitrogens is 5. The van der Waals surface area contributed by atoms with Gasteiger partial charge in [0.25, 0.3) is 5.78 Å². The summed E-state index contributed by atoms with van der Waals surface area (Å²) in [5, 5.41) is 7.60. The fourth-order valence-electron chi connectivity index (χ4n) is 2.53. The molecule has 0 aliphatic rings. The molecular formula is C18H17N7. The minimum atomic E-state index is 0.543. The predicted octanol–water partition coefficient (Wildman–Crippen LogP) is 3.00. The van der Waals surface area contributed by atoms with Crippen LogP contribution in [0.15, 0.2) is 61.1 Å². The Kier molecular flexibility index (Phi) is 3.74. The van der Waals surface area contributed by atoms with Gasteiger partial charge in [-0.25, -0.2) is 9.97 Å². The maximum absolute atomic E-state index is 4.57.